The molecule has 0 amide bonds. The van der Waals surface area contributed by atoms with E-state index in [4.69, 9.17) is 15.5 Å². The zero-order chi connectivity index (χ0) is 15.6. The molecule has 1 aromatic heterocycles. The first-order chi connectivity index (χ1) is 10.7. The summed E-state index contributed by atoms with van der Waals surface area (Å²) in [4.78, 5) is 6.93. The maximum atomic E-state index is 12.5. The van der Waals surface area contributed by atoms with Crippen molar-refractivity contribution in [3.8, 4) is 0 Å². The van der Waals surface area contributed by atoms with E-state index in [1.807, 2.05) is 0 Å². The predicted molar refractivity (Wildman–Crippen MR) is 85.4 cm³/mol. The van der Waals surface area contributed by atoms with Gasteiger partial charge in [-0.15, -0.1) is 0 Å². The van der Waals surface area contributed by atoms with Gasteiger partial charge in [0.1, 0.15) is 0 Å². The lowest BCUT2D eigenvalue weighted by Crippen LogP contribution is -2.48. The molecule has 2 N–H and O–H groups in total. The minimum absolute atomic E-state index is 0.215. The molecule has 1 atom stereocenters. The van der Waals surface area contributed by atoms with E-state index >= 15 is 0 Å². The van der Waals surface area contributed by atoms with Crippen molar-refractivity contribution in [2.75, 3.05) is 30.3 Å². The molecule has 0 spiro atoms. The van der Waals surface area contributed by atoms with Crippen LogP contribution in [0.4, 0.5) is 11.6 Å². The Balaban J connectivity index is 2.00. The summed E-state index contributed by atoms with van der Waals surface area (Å²) in [7, 11) is 0. The third-order valence-electron chi connectivity index (χ3n) is 4.94. The molecule has 2 fully saturated rings. The molecule has 0 saturated carbocycles. The van der Waals surface area contributed by atoms with Crippen LogP contribution in [-0.2, 0) is 10.3 Å². The van der Waals surface area contributed by atoms with Crippen molar-refractivity contribution in [3.05, 3.63) is 17.1 Å². The van der Waals surface area contributed by atoms with E-state index in [0.717, 1.165) is 49.3 Å². The van der Waals surface area contributed by atoms with Crippen LogP contribution in [0.1, 0.15) is 57.7 Å². The van der Waals surface area contributed by atoms with Crippen LogP contribution in [0.15, 0.2) is 6.07 Å². The number of nitrogens with zero attached hydrogens (tertiary/aromatic N) is 3. The van der Waals surface area contributed by atoms with Gasteiger partial charge in [-0.1, -0.05) is 11.9 Å². The summed E-state index contributed by atoms with van der Waals surface area (Å²) in [5.74, 6) is 1.48. The number of ether oxygens (including phenoxy) is 1. The Labute approximate surface area is 131 Å². The number of hydrogen-bond donors (Lipinski definition) is 1. The van der Waals surface area contributed by atoms with Gasteiger partial charge in [-0.05, 0) is 44.9 Å². The normalized spacial score (nSPS) is 26.1. The Hall–Kier alpha value is -1.56. The highest BCUT2D eigenvalue weighted by molar-refractivity contribution is 5.45. The maximum absolute atomic E-state index is 12.5. The van der Waals surface area contributed by atoms with Gasteiger partial charge in [0.25, 0.3) is 5.82 Å². The molecule has 1 aromatic rings. The van der Waals surface area contributed by atoms with Crippen LogP contribution in [0.2, 0.25) is 0 Å². The van der Waals surface area contributed by atoms with Crippen LogP contribution >= 0.6 is 0 Å². The van der Waals surface area contributed by atoms with Crippen LogP contribution in [0, 0.1) is 5.21 Å². The van der Waals surface area contributed by atoms with E-state index in [-0.39, 0.29) is 5.82 Å². The molecule has 6 heteroatoms. The molecule has 22 heavy (non-hydrogen) atoms. The third-order valence-corrected chi connectivity index (χ3v) is 4.94. The molecule has 1 unspecified atom stereocenters. The van der Waals surface area contributed by atoms with Gasteiger partial charge in [-0.25, -0.2) is 4.73 Å². The minimum Gasteiger partial charge on any atom is -0.740 e. The molecule has 0 radical (unpaired) electrons. The molecule has 3 heterocycles. The van der Waals surface area contributed by atoms with Gasteiger partial charge in [0.2, 0.25) is 11.6 Å². The van der Waals surface area contributed by atoms with Gasteiger partial charge in [-0.3, -0.25) is 0 Å². The average Bonchev–Trinajstić information content (AvgIpc) is 2.58. The molecule has 122 valence electrons. The summed E-state index contributed by atoms with van der Waals surface area (Å²) < 4.78 is 6.79. The van der Waals surface area contributed by atoms with Crippen molar-refractivity contribution >= 4 is 11.6 Å². The molecule has 2 saturated heterocycles. The fraction of sp³-hybridized carbons (Fsp3) is 0.750. The van der Waals surface area contributed by atoms with Crippen molar-refractivity contribution < 1.29 is 9.47 Å². The molecule has 6 nitrogen and oxygen atoms in total. The summed E-state index contributed by atoms with van der Waals surface area (Å²) >= 11 is 0. The summed E-state index contributed by atoms with van der Waals surface area (Å²) in [6, 6.07) is 1.70. The highest BCUT2D eigenvalue weighted by Crippen LogP contribution is 2.36. The van der Waals surface area contributed by atoms with E-state index in [0.29, 0.717) is 12.4 Å². The van der Waals surface area contributed by atoms with Crippen molar-refractivity contribution in [1.29, 1.82) is 0 Å². The van der Waals surface area contributed by atoms with Gasteiger partial charge >= 0.3 is 0 Å². The van der Waals surface area contributed by atoms with E-state index in [2.05, 4.69) is 11.8 Å². The molecule has 0 aliphatic carbocycles. The molecular formula is C16H26N4O2. The number of aromatic nitrogens is 2. The Morgan fingerprint density at radius 2 is 2.09 bits per heavy atom. The van der Waals surface area contributed by atoms with E-state index in [1.54, 1.807) is 6.07 Å². The Bertz CT molecular complexity index is 523. The van der Waals surface area contributed by atoms with Gasteiger partial charge in [0.05, 0.1) is 6.07 Å². The second-order valence-corrected chi connectivity index (χ2v) is 6.36. The minimum atomic E-state index is -0.583. The SMILES string of the molecule is CCC1(c2nc(N3CCCCC3)cc(N)[n+]2[O-])CCCCO1. The van der Waals surface area contributed by atoms with Crippen LogP contribution in [0.5, 0.6) is 0 Å². The monoisotopic (exact) mass is 306 g/mol. The van der Waals surface area contributed by atoms with Crippen LogP contribution < -0.4 is 15.4 Å². The molecule has 0 aromatic carbocycles. The Morgan fingerprint density at radius 3 is 2.73 bits per heavy atom. The summed E-state index contributed by atoms with van der Waals surface area (Å²) in [6.45, 7) is 4.70. The lowest BCUT2D eigenvalue weighted by Gasteiger charge is -2.36. The standard InChI is InChI=1S/C16H26N4O2/c1-2-16(8-4-7-11-22-16)15-18-14(12-13(17)20(15)21)19-9-5-3-6-10-19/h12H,2-11,17H2,1H3. The molecule has 0 bridgehead atoms. The van der Waals surface area contributed by atoms with Gasteiger partial charge in [0.15, 0.2) is 5.60 Å². The number of piperidine rings is 1. The smallest absolute Gasteiger partial charge is 0.273 e. The summed E-state index contributed by atoms with van der Waals surface area (Å²) in [6.07, 6.45) is 7.27. The second-order valence-electron chi connectivity index (χ2n) is 6.36. The van der Waals surface area contributed by atoms with E-state index < -0.39 is 5.60 Å². The quantitative estimate of drug-likeness (QED) is 0.683. The number of anilines is 2. The first-order valence-corrected chi connectivity index (χ1v) is 8.46. The first-order valence-electron chi connectivity index (χ1n) is 8.46. The number of nitrogen functional groups attached to an aromatic ring is 1. The topological polar surface area (TPSA) is 78.3 Å². The van der Waals surface area contributed by atoms with Crippen LogP contribution in [0.25, 0.3) is 0 Å². The van der Waals surface area contributed by atoms with Crippen molar-refractivity contribution in [2.24, 2.45) is 0 Å². The maximum Gasteiger partial charge on any atom is 0.273 e. The van der Waals surface area contributed by atoms with Crippen molar-refractivity contribution in [1.82, 2.24) is 4.98 Å². The largest absolute Gasteiger partial charge is 0.740 e. The Kier molecular flexibility index (Phi) is 4.38. The molecular weight excluding hydrogens is 280 g/mol. The van der Waals surface area contributed by atoms with Gasteiger partial charge in [0, 0.05) is 19.7 Å². The van der Waals surface area contributed by atoms with Gasteiger partial charge < -0.3 is 20.6 Å². The zero-order valence-corrected chi connectivity index (χ0v) is 13.4. The van der Waals surface area contributed by atoms with E-state index in [9.17, 15) is 5.21 Å². The average molecular weight is 306 g/mol. The fourth-order valence-corrected chi connectivity index (χ4v) is 3.54. The van der Waals surface area contributed by atoms with Crippen LogP contribution in [-0.4, -0.2) is 24.7 Å². The number of nitrogens with two attached hydrogens (primary N) is 1. The molecule has 2 aliphatic rings. The molecule has 3 rings (SSSR count). The third kappa shape index (κ3) is 2.72. The number of rotatable bonds is 3. The predicted octanol–water partition coefficient (Wildman–Crippen LogP) is 2.09. The van der Waals surface area contributed by atoms with Crippen LogP contribution in [0.3, 0.4) is 0 Å². The van der Waals surface area contributed by atoms with Gasteiger partial charge in [-0.2, -0.15) is 0 Å². The highest BCUT2D eigenvalue weighted by atomic mass is 16.5. The first kappa shape index (κ1) is 15.3. The lowest BCUT2D eigenvalue weighted by molar-refractivity contribution is -0.613. The second kappa shape index (κ2) is 6.28. The molecule has 2 aliphatic heterocycles. The zero-order valence-electron chi connectivity index (χ0n) is 13.4. The summed E-state index contributed by atoms with van der Waals surface area (Å²) in [5, 5.41) is 12.5. The Morgan fingerprint density at radius 1 is 1.32 bits per heavy atom. The number of hydrogen-bond acceptors (Lipinski definition) is 5. The van der Waals surface area contributed by atoms with E-state index in [1.165, 1.54) is 19.3 Å². The lowest BCUT2D eigenvalue weighted by atomic mass is 9.90. The van der Waals surface area contributed by atoms with Crippen molar-refractivity contribution in [2.45, 2.75) is 57.5 Å². The summed E-state index contributed by atoms with van der Waals surface area (Å²) in [5.41, 5.74) is 5.39. The highest BCUT2D eigenvalue weighted by Gasteiger charge is 2.41. The van der Waals surface area contributed by atoms with Crippen molar-refractivity contribution in [3.63, 3.8) is 0 Å². The fourth-order valence-electron chi connectivity index (χ4n) is 3.54.